The van der Waals surface area contributed by atoms with Crippen molar-refractivity contribution < 1.29 is 9.59 Å². The summed E-state index contributed by atoms with van der Waals surface area (Å²) < 4.78 is 0. The van der Waals surface area contributed by atoms with Crippen LogP contribution < -0.4 is 0 Å². The van der Waals surface area contributed by atoms with Gasteiger partial charge in [-0.3, -0.25) is 9.59 Å². The van der Waals surface area contributed by atoms with Crippen LogP contribution in [0.3, 0.4) is 0 Å². The van der Waals surface area contributed by atoms with Gasteiger partial charge in [0.25, 0.3) is 0 Å². The highest BCUT2D eigenvalue weighted by atomic mass is 16.2. The third-order valence-electron chi connectivity index (χ3n) is 4.79. The maximum atomic E-state index is 12.6. The minimum atomic E-state index is 0.113. The molecule has 1 saturated carbocycles. The zero-order chi connectivity index (χ0) is 13.8. The second-order valence-corrected chi connectivity index (χ2v) is 6.25. The molecule has 1 amide bonds. The summed E-state index contributed by atoms with van der Waals surface area (Å²) in [5.74, 6) is 0.930. The van der Waals surface area contributed by atoms with Gasteiger partial charge in [0.1, 0.15) is 5.78 Å². The van der Waals surface area contributed by atoms with Gasteiger partial charge in [0.15, 0.2) is 0 Å². The molecule has 2 fully saturated rings. The van der Waals surface area contributed by atoms with Gasteiger partial charge in [-0.1, -0.05) is 20.3 Å². The number of rotatable bonds is 4. The van der Waals surface area contributed by atoms with E-state index in [-0.39, 0.29) is 23.8 Å². The van der Waals surface area contributed by atoms with Gasteiger partial charge >= 0.3 is 0 Å². The summed E-state index contributed by atoms with van der Waals surface area (Å²) in [5.41, 5.74) is 0. The largest absolute Gasteiger partial charge is 0.339 e. The van der Waals surface area contributed by atoms with Gasteiger partial charge in [-0.15, -0.1) is 0 Å². The molecule has 1 aliphatic carbocycles. The molecular weight excluding hydrogens is 238 g/mol. The Kier molecular flexibility index (Phi) is 5.00. The van der Waals surface area contributed by atoms with E-state index in [1.807, 2.05) is 6.92 Å². The molecule has 1 aliphatic heterocycles. The first kappa shape index (κ1) is 14.5. The standard InChI is InChI=1S/C16H27NO2/c1-3-7-12(2)16(19)17-11-5-4-9-14(17)13-8-6-10-15(13)18/h12-14H,3-11H2,1-2H3. The van der Waals surface area contributed by atoms with Crippen LogP contribution in [0.15, 0.2) is 0 Å². The first-order valence-corrected chi connectivity index (χ1v) is 7.98. The lowest BCUT2D eigenvalue weighted by atomic mass is 9.87. The van der Waals surface area contributed by atoms with Gasteiger partial charge in [0.05, 0.1) is 0 Å². The van der Waals surface area contributed by atoms with Crippen molar-refractivity contribution >= 4 is 11.7 Å². The highest BCUT2D eigenvalue weighted by Gasteiger charge is 2.39. The number of hydrogen-bond acceptors (Lipinski definition) is 2. The Bertz CT molecular complexity index is 340. The number of Topliss-reactive ketones (excluding diaryl/α,β-unsaturated/α-hetero) is 1. The number of hydrogen-bond donors (Lipinski definition) is 0. The number of piperidine rings is 1. The number of carbonyl (C=O) groups is 2. The fourth-order valence-corrected chi connectivity index (χ4v) is 3.74. The quantitative estimate of drug-likeness (QED) is 0.783. The number of ketones is 1. The maximum Gasteiger partial charge on any atom is 0.225 e. The third kappa shape index (κ3) is 3.18. The van der Waals surface area contributed by atoms with Crippen LogP contribution in [0.1, 0.15) is 65.2 Å². The van der Waals surface area contributed by atoms with E-state index in [0.717, 1.165) is 51.5 Å². The van der Waals surface area contributed by atoms with Crippen LogP contribution in [0, 0.1) is 11.8 Å². The monoisotopic (exact) mass is 265 g/mol. The van der Waals surface area contributed by atoms with Crippen molar-refractivity contribution in [3.63, 3.8) is 0 Å². The van der Waals surface area contributed by atoms with Gasteiger partial charge in [0.2, 0.25) is 5.91 Å². The molecule has 108 valence electrons. The smallest absolute Gasteiger partial charge is 0.225 e. The fraction of sp³-hybridized carbons (Fsp3) is 0.875. The molecule has 0 aromatic carbocycles. The Morgan fingerprint density at radius 3 is 2.74 bits per heavy atom. The lowest BCUT2D eigenvalue weighted by Gasteiger charge is -2.40. The van der Waals surface area contributed by atoms with E-state index < -0.39 is 0 Å². The molecule has 1 saturated heterocycles. The molecule has 3 nitrogen and oxygen atoms in total. The van der Waals surface area contributed by atoms with Crippen LogP contribution in [-0.2, 0) is 9.59 Å². The van der Waals surface area contributed by atoms with Crippen LogP contribution in [0.2, 0.25) is 0 Å². The first-order chi connectivity index (χ1) is 9.15. The van der Waals surface area contributed by atoms with Crippen LogP contribution >= 0.6 is 0 Å². The van der Waals surface area contributed by atoms with E-state index in [1.54, 1.807) is 0 Å². The highest BCUT2D eigenvalue weighted by Crippen LogP contribution is 2.33. The summed E-state index contributed by atoms with van der Waals surface area (Å²) in [4.78, 5) is 26.6. The zero-order valence-corrected chi connectivity index (χ0v) is 12.4. The summed E-state index contributed by atoms with van der Waals surface area (Å²) in [6.45, 7) is 5.02. The lowest BCUT2D eigenvalue weighted by Crippen LogP contribution is -2.50. The normalized spacial score (nSPS) is 29.6. The van der Waals surface area contributed by atoms with E-state index in [0.29, 0.717) is 5.78 Å². The molecule has 0 radical (unpaired) electrons. The van der Waals surface area contributed by atoms with Gasteiger partial charge < -0.3 is 4.90 Å². The average Bonchev–Trinajstić information content (AvgIpc) is 2.84. The SMILES string of the molecule is CCCC(C)C(=O)N1CCCCC1C1CCCC1=O. The highest BCUT2D eigenvalue weighted by molar-refractivity contribution is 5.85. The van der Waals surface area contributed by atoms with Crippen LogP contribution in [-0.4, -0.2) is 29.2 Å². The molecule has 0 aromatic rings. The van der Waals surface area contributed by atoms with Gasteiger partial charge in [-0.2, -0.15) is 0 Å². The Labute approximate surface area is 116 Å². The molecule has 19 heavy (non-hydrogen) atoms. The molecular formula is C16H27NO2. The molecule has 0 aromatic heterocycles. The van der Waals surface area contributed by atoms with Crippen molar-refractivity contribution in [2.45, 2.75) is 71.3 Å². The Morgan fingerprint density at radius 1 is 1.32 bits per heavy atom. The van der Waals surface area contributed by atoms with Crippen molar-refractivity contribution in [2.75, 3.05) is 6.54 Å². The summed E-state index contributed by atoms with van der Waals surface area (Å²) in [6.07, 6.45) is 8.05. The number of likely N-dealkylation sites (tertiary alicyclic amines) is 1. The first-order valence-electron chi connectivity index (χ1n) is 7.98. The number of carbonyl (C=O) groups excluding carboxylic acids is 2. The topological polar surface area (TPSA) is 37.4 Å². The number of nitrogens with zero attached hydrogens (tertiary/aromatic N) is 1. The maximum absolute atomic E-state index is 12.6. The molecule has 3 unspecified atom stereocenters. The lowest BCUT2D eigenvalue weighted by molar-refractivity contribution is -0.141. The molecule has 2 aliphatic rings. The average molecular weight is 265 g/mol. The van der Waals surface area contributed by atoms with Crippen molar-refractivity contribution in [2.24, 2.45) is 11.8 Å². The number of amides is 1. The van der Waals surface area contributed by atoms with Crippen LogP contribution in [0.5, 0.6) is 0 Å². The van der Waals surface area contributed by atoms with Crippen molar-refractivity contribution in [1.82, 2.24) is 4.90 Å². The minimum Gasteiger partial charge on any atom is -0.339 e. The molecule has 1 heterocycles. The van der Waals surface area contributed by atoms with Crippen LogP contribution in [0.25, 0.3) is 0 Å². The van der Waals surface area contributed by atoms with Crippen molar-refractivity contribution in [3.8, 4) is 0 Å². The molecule has 0 bridgehead atoms. The van der Waals surface area contributed by atoms with Gasteiger partial charge in [-0.25, -0.2) is 0 Å². The zero-order valence-electron chi connectivity index (χ0n) is 12.4. The molecule has 3 heteroatoms. The predicted molar refractivity (Wildman–Crippen MR) is 75.8 cm³/mol. The molecule has 3 atom stereocenters. The summed E-state index contributed by atoms with van der Waals surface area (Å²) in [6, 6.07) is 0.204. The summed E-state index contributed by atoms with van der Waals surface area (Å²) in [5, 5.41) is 0. The van der Waals surface area contributed by atoms with E-state index in [2.05, 4.69) is 11.8 Å². The van der Waals surface area contributed by atoms with E-state index in [9.17, 15) is 9.59 Å². The van der Waals surface area contributed by atoms with E-state index >= 15 is 0 Å². The third-order valence-corrected chi connectivity index (χ3v) is 4.79. The second-order valence-electron chi connectivity index (χ2n) is 6.25. The van der Waals surface area contributed by atoms with Crippen molar-refractivity contribution in [3.05, 3.63) is 0 Å². The minimum absolute atomic E-state index is 0.113. The molecule has 0 spiro atoms. The van der Waals surface area contributed by atoms with Crippen LogP contribution in [0.4, 0.5) is 0 Å². The Hall–Kier alpha value is -0.860. The van der Waals surface area contributed by atoms with Crippen molar-refractivity contribution in [1.29, 1.82) is 0 Å². The second kappa shape index (κ2) is 6.53. The Balaban J connectivity index is 2.07. The summed E-state index contributed by atoms with van der Waals surface area (Å²) in [7, 11) is 0. The Morgan fingerprint density at radius 2 is 2.11 bits per heavy atom. The van der Waals surface area contributed by atoms with E-state index in [1.165, 1.54) is 6.42 Å². The van der Waals surface area contributed by atoms with Gasteiger partial charge in [0, 0.05) is 30.8 Å². The van der Waals surface area contributed by atoms with Gasteiger partial charge in [-0.05, 0) is 38.5 Å². The summed E-state index contributed by atoms with van der Waals surface area (Å²) >= 11 is 0. The fourth-order valence-electron chi connectivity index (χ4n) is 3.74. The van der Waals surface area contributed by atoms with E-state index in [4.69, 9.17) is 0 Å². The molecule has 0 N–H and O–H groups in total. The molecule has 2 rings (SSSR count). The predicted octanol–water partition coefficient (Wildman–Crippen LogP) is 3.17.